The van der Waals surface area contributed by atoms with E-state index < -0.39 is 17.5 Å². The minimum Gasteiger partial charge on any atom is -0.368 e. The molecule has 0 spiro atoms. The molecule has 0 aromatic heterocycles. The van der Waals surface area contributed by atoms with Crippen molar-refractivity contribution in [1.82, 2.24) is 4.90 Å². The van der Waals surface area contributed by atoms with Crippen LogP contribution in [0.25, 0.3) is 0 Å². The fourth-order valence-corrected chi connectivity index (χ4v) is 1.39. The summed E-state index contributed by atoms with van der Waals surface area (Å²) in [6, 6.07) is -0.473. The van der Waals surface area contributed by atoms with Crippen molar-refractivity contribution in [1.29, 1.82) is 0 Å². The van der Waals surface area contributed by atoms with E-state index in [1.807, 2.05) is 0 Å². The first-order chi connectivity index (χ1) is 5.87. The van der Waals surface area contributed by atoms with Gasteiger partial charge in [0, 0.05) is 6.54 Å². The molecule has 0 aliphatic carbocycles. The largest absolute Gasteiger partial charge is 0.368 e. The number of carbonyl (C=O) groups excluding carboxylic acids is 2. The summed E-state index contributed by atoms with van der Waals surface area (Å²) < 4.78 is 0. The van der Waals surface area contributed by atoms with Crippen LogP contribution in [0.15, 0.2) is 0 Å². The molecule has 0 radical (unpaired) electrons. The van der Waals surface area contributed by atoms with Gasteiger partial charge in [-0.25, -0.2) is 0 Å². The van der Waals surface area contributed by atoms with Crippen molar-refractivity contribution in [3.05, 3.63) is 0 Å². The summed E-state index contributed by atoms with van der Waals surface area (Å²) in [5.74, 6) is -0.696. The van der Waals surface area contributed by atoms with Crippen LogP contribution in [0.5, 0.6) is 0 Å². The second kappa shape index (κ2) is 2.99. The van der Waals surface area contributed by atoms with Crippen molar-refractivity contribution in [2.45, 2.75) is 31.8 Å². The van der Waals surface area contributed by atoms with E-state index in [4.69, 9.17) is 11.5 Å². The monoisotopic (exact) mass is 185 g/mol. The zero-order valence-corrected chi connectivity index (χ0v) is 7.91. The lowest BCUT2D eigenvalue weighted by molar-refractivity contribution is -0.141. The average molecular weight is 185 g/mol. The minimum atomic E-state index is -0.925. The molecule has 4 N–H and O–H groups in total. The van der Waals surface area contributed by atoms with Crippen LogP contribution in [0, 0.1) is 0 Å². The fraction of sp³-hybridized carbons (Fsp3) is 0.750. The second-order valence-corrected chi connectivity index (χ2v) is 3.81. The Morgan fingerprint density at radius 3 is 2.46 bits per heavy atom. The summed E-state index contributed by atoms with van der Waals surface area (Å²) in [5, 5.41) is 0. The van der Waals surface area contributed by atoms with Crippen LogP contribution in [-0.4, -0.2) is 34.8 Å². The second-order valence-electron chi connectivity index (χ2n) is 3.81. The smallest absolute Gasteiger partial charge is 0.242 e. The molecule has 0 saturated carbocycles. The van der Waals surface area contributed by atoms with Crippen molar-refractivity contribution in [2.24, 2.45) is 11.5 Å². The molecule has 1 atom stereocenters. The summed E-state index contributed by atoms with van der Waals surface area (Å²) in [6.45, 7) is 3.77. The standard InChI is InChI=1S/C8H15N3O2/c1-8(2,7(10)13)11-4-3-5(9)6(11)12/h5H,3-4,9H2,1-2H3,(H2,10,13). The molecular formula is C8H15N3O2. The lowest BCUT2D eigenvalue weighted by Crippen LogP contribution is -2.55. The Labute approximate surface area is 77.1 Å². The molecule has 74 valence electrons. The number of amides is 2. The van der Waals surface area contributed by atoms with E-state index in [0.29, 0.717) is 13.0 Å². The topological polar surface area (TPSA) is 89.4 Å². The molecule has 1 rings (SSSR count). The molecule has 1 aliphatic rings. The van der Waals surface area contributed by atoms with Crippen molar-refractivity contribution < 1.29 is 9.59 Å². The van der Waals surface area contributed by atoms with Gasteiger partial charge in [-0.1, -0.05) is 0 Å². The van der Waals surface area contributed by atoms with Gasteiger partial charge < -0.3 is 16.4 Å². The molecule has 0 bridgehead atoms. The summed E-state index contributed by atoms with van der Waals surface area (Å²) in [4.78, 5) is 23.9. The molecule has 1 aliphatic heterocycles. The Hall–Kier alpha value is -1.10. The van der Waals surface area contributed by atoms with Gasteiger partial charge in [0.15, 0.2) is 0 Å². The van der Waals surface area contributed by atoms with Gasteiger partial charge in [-0.2, -0.15) is 0 Å². The van der Waals surface area contributed by atoms with E-state index in [1.54, 1.807) is 13.8 Å². The number of carbonyl (C=O) groups is 2. The first-order valence-corrected chi connectivity index (χ1v) is 4.24. The molecule has 2 amide bonds. The van der Waals surface area contributed by atoms with Crippen LogP contribution in [0.3, 0.4) is 0 Å². The minimum absolute atomic E-state index is 0.191. The van der Waals surface area contributed by atoms with Crippen LogP contribution in [0.2, 0.25) is 0 Å². The van der Waals surface area contributed by atoms with E-state index in [-0.39, 0.29) is 5.91 Å². The number of likely N-dealkylation sites (tertiary alicyclic amines) is 1. The van der Waals surface area contributed by atoms with E-state index in [0.717, 1.165) is 0 Å². The number of rotatable bonds is 2. The van der Waals surface area contributed by atoms with Gasteiger partial charge in [0.2, 0.25) is 11.8 Å². The van der Waals surface area contributed by atoms with E-state index >= 15 is 0 Å². The van der Waals surface area contributed by atoms with Crippen molar-refractivity contribution in [2.75, 3.05) is 6.54 Å². The third kappa shape index (κ3) is 1.51. The van der Waals surface area contributed by atoms with Gasteiger partial charge in [-0.15, -0.1) is 0 Å². The molecule has 0 aromatic carbocycles. The third-order valence-electron chi connectivity index (χ3n) is 2.52. The Bertz CT molecular complexity index is 250. The van der Waals surface area contributed by atoms with Crippen LogP contribution in [0.1, 0.15) is 20.3 Å². The molecule has 5 nitrogen and oxygen atoms in total. The summed E-state index contributed by atoms with van der Waals surface area (Å²) in [6.07, 6.45) is 0.593. The van der Waals surface area contributed by atoms with Crippen molar-refractivity contribution >= 4 is 11.8 Å². The fourth-order valence-electron chi connectivity index (χ4n) is 1.39. The zero-order chi connectivity index (χ0) is 10.2. The maximum absolute atomic E-state index is 11.4. The van der Waals surface area contributed by atoms with Gasteiger partial charge in [0.05, 0.1) is 6.04 Å². The van der Waals surface area contributed by atoms with E-state index in [2.05, 4.69) is 0 Å². The normalized spacial score (nSPS) is 23.8. The Balaban J connectivity index is 2.84. The van der Waals surface area contributed by atoms with Crippen LogP contribution < -0.4 is 11.5 Å². The highest BCUT2D eigenvalue weighted by Gasteiger charge is 2.41. The SMILES string of the molecule is CC(C)(C(N)=O)N1CCC(N)C1=O. The van der Waals surface area contributed by atoms with Crippen molar-refractivity contribution in [3.63, 3.8) is 0 Å². The van der Waals surface area contributed by atoms with Crippen LogP contribution >= 0.6 is 0 Å². The molecular weight excluding hydrogens is 170 g/mol. The van der Waals surface area contributed by atoms with Gasteiger partial charge in [0.1, 0.15) is 5.54 Å². The number of primary amides is 1. The van der Waals surface area contributed by atoms with E-state index in [1.165, 1.54) is 4.90 Å². The van der Waals surface area contributed by atoms with Gasteiger partial charge in [-0.3, -0.25) is 9.59 Å². The van der Waals surface area contributed by atoms with Crippen molar-refractivity contribution in [3.8, 4) is 0 Å². The van der Waals surface area contributed by atoms with Gasteiger partial charge in [0.25, 0.3) is 0 Å². The Morgan fingerprint density at radius 1 is 1.62 bits per heavy atom. The predicted molar refractivity (Wildman–Crippen MR) is 47.6 cm³/mol. The highest BCUT2D eigenvalue weighted by Crippen LogP contribution is 2.21. The maximum Gasteiger partial charge on any atom is 0.242 e. The highest BCUT2D eigenvalue weighted by molar-refractivity contribution is 5.92. The first-order valence-electron chi connectivity index (χ1n) is 4.24. The Kier molecular flexibility index (Phi) is 2.30. The Morgan fingerprint density at radius 2 is 2.15 bits per heavy atom. The lowest BCUT2D eigenvalue weighted by Gasteiger charge is -2.32. The number of hydrogen-bond donors (Lipinski definition) is 2. The summed E-state index contributed by atoms with van der Waals surface area (Å²) >= 11 is 0. The highest BCUT2D eigenvalue weighted by atomic mass is 16.2. The molecule has 1 saturated heterocycles. The third-order valence-corrected chi connectivity index (χ3v) is 2.52. The molecule has 5 heteroatoms. The number of hydrogen-bond acceptors (Lipinski definition) is 3. The van der Waals surface area contributed by atoms with E-state index in [9.17, 15) is 9.59 Å². The first kappa shape index (κ1) is 9.98. The molecule has 0 aromatic rings. The van der Waals surface area contributed by atoms with Gasteiger partial charge in [-0.05, 0) is 20.3 Å². The maximum atomic E-state index is 11.4. The molecule has 13 heavy (non-hydrogen) atoms. The molecule has 1 fully saturated rings. The number of nitrogens with two attached hydrogens (primary N) is 2. The van der Waals surface area contributed by atoms with Gasteiger partial charge >= 0.3 is 0 Å². The molecule has 1 unspecified atom stereocenters. The van der Waals surface area contributed by atoms with Crippen LogP contribution in [0.4, 0.5) is 0 Å². The zero-order valence-electron chi connectivity index (χ0n) is 7.91. The molecule has 1 heterocycles. The summed E-state index contributed by atoms with van der Waals surface area (Å²) in [7, 11) is 0. The lowest BCUT2D eigenvalue weighted by atomic mass is 10.0. The number of nitrogens with zero attached hydrogens (tertiary/aromatic N) is 1. The summed E-state index contributed by atoms with van der Waals surface area (Å²) in [5.41, 5.74) is 9.78. The predicted octanol–water partition coefficient (Wildman–Crippen LogP) is -1.19. The average Bonchev–Trinajstić information content (AvgIpc) is 2.33. The van der Waals surface area contributed by atoms with Crippen LogP contribution in [-0.2, 0) is 9.59 Å². The quantitative estimate of drug-likeness (QED) is 0.567.